The third-order valence-electron chi connectivity index (χ3n) is 2.36. The molecule has 2 aromatic heterocycles. The highest BCUT2D eigenvalue weighted by Crippen LogP contribution is 2.26. The van der Waals surface area contributed by atoms with Gasteiger partial charge in [0.15, 0.2) is 4.34 Å². The van der Waals surface area contributed by atoms with Crippen molar-refractivity contribution in [1.29, 1.82) is 0 Å². The minimum Gasteiger partial charge on any atom is -0.353 e. The van der Waals surface area contributed by atoms with Gasteiger partial charge in [0.2, 0.25) is 11.0 Å². The molecule has 2 rings (SSSR count). The lowest BCUT2D eigenvalue weighted by atomic mass is 10.3. The third kappa shape index (κ3) is 5.08. The predicted octanol–water partition coefficient (Wildman–Crippen LogP) is 2.78. The van der Waals surface area contributed by atoms with Crippen LogP contribution in [0.1, 0.15) is 29.1 Å². The Morgan fingerprint density at radius 3 is 2.77 bits per heavy atom. The Hall–Kier alpha value is -1.45. The summed E-state index contributed by atoms with van der Waals surface area (Å²) < 4.78 is 0.650. The number of nitrogens with zero attached hydrogens (tertiary/aromatic N) is 2. The molecular formula is C13H16N4O2S3. The minimum absolute atomic E-state index is 0.0464. The first-order chi connectivity index (χ1) is 10.4. The molecule has 0 fully saturated rings. The van der Waals surface area contributed by atoms with Crippen LogP contribution in [0, 0.1) is 6.92 Å². The van der Waals surface area contributed by atoms with Crippen molar-refractivity contribution in [3.8, 4) is 0 Å². The number of amides is 2. The molecule has 118 valence electrons. The molecule has 22 heavy (non-hydrogen) atoms. The van der Waals surface area contributed by atoms with Crippen LogP contribution in [-0.4, -0.2) is 33.8 Å². The van der Waals surface area contributed by atoms with Gasteiger partial charge in [-0.1, -0.05) is 23.1 Å². The van der Waals surface area contributed by atoms with Gasteiger partial charge in [0.1, 0.15) is 0 Å². The number of nitrogens with one attached hydrogen (secondary N) is 2. The van der Waals surface area contributed by atoms with Crippen LogP contribution in [0.2, 0.25) is 0 Å². The lowest BCUT2D eigenvalue weighted by molar-refractivity contribution is -0.119. The summed E-state index contributed by atoms with van der Waals surface area (Å²) in [6, 6.07) is 1.94. The lowest BCUT2D eigenvalue weighted by Gasteiger charge is -2.06. The highest BCUT2D eigenvalue weighted by molar-refractivity contribution is 8.01. The summed E-state index contributed by atoms with van der Waals surface area (Å²) in [5.41, 5.74) is 1.06. The number of carbonyl (C=O) groups is 2. The zero-order valence-corrected chi connectivity index (χ0v) is 14.8. The van der Waals surface area contributed by atoms with Gasteiger partial charge in [0.25, 0.3) is 5.91 Å². The van der Waals surface area contributed by atoms with E-state index in [2.05, 4.69) is 20.8 Å². The summed E-state index contributed by atoms with van der Waals surface area (Å²) in [4.78, 5) is 24.2. The predicted molar refractivity (Wildman–Crippen MR) is 90.9 cm³/mol. The Morgan fingerprint density at radius 1 is 1.36 bits per heavy atom. The Balaban J connectivity index is 1.86. The van der Waals surface area contributed by atoms with Crippen molar-refractivity contribution in [3.05, 3.63) is 21.9 Å². The van der Waals surface area contributed by atoms with E-state index in [1.165, 1.54) is 34.4 Å². The van der Waals surface area contributed by atoms with Crippen LogP contribution in [0.5, 0.6) is 0 Å². The summed E-state index contributed by atoms with van der Waals surface area (Å²) in [7, 11) is 0. The van der Waals surface area contributed by atoms with Gasteiger partial charge >= 0.3 is 0 Å². The molecular weight excluding hydrogens is 340 g/mol. The molecule has 0 atom stereocenters. The van der Waals surface area contributed by atoms with Gasteiger partial charge in [-0.2, -0.15) is 0 Å². The van der Waals surface area contributed by atoms with Crippen molar-refractivity contribution in [2.75, 3.05) is 11.1 Å². The van der Waals surface area contributed by atoms with E-state index in [0.29, 0.717) is 14.3 Å². The van der Waals surface area contributed by atoms with Gasteiger partial charge < -0.3 is 5.32 Å². The van der Waals surface area contributed by atoms with Crippen LogP contribution >= 0.6 is 34.4 Å². The standard InChI is InChI=1S/C13H16N4O2S3/c1-7(2)14-10(18)6-21-13-17-16-12(22-13)15-11(19)9-4-8(3)5-20-9/h4-5,7H,6H2,1-3H3,(H,14,18)(H,15,16,19). The quantitative estimate of drug-likeness (QED) is 0.614. The van der Waals surface area contributed by atoms with Crippen LogP contribution in [-0.2, 0) is 4.79 Å². The molecule has 0 spiro atoms. The van der Waals surface area contributed by atoms with Crippen molar-refractivity contribution in [3.63, 3.8) is 0 Å². The van der Waals surface area contributed by atoms with Gasteiger partial charge in [-0.15, -0.1) is 21.5 Å². The molecule has 0 radical (unpaired) electrons. The van der Waals surface area contributed by atoms with E-state index in [0.717, 1.165) is 5.56 Å². The number of aryl methyl sites for hydroxylation is 1. The van der Waals surface area contributed by atoms with Crippen molar-refractivity contribution in [1.82, 2.24) is 15.5 Å². The Morgan fingerprint density at radius 2 is 2.14 bits per heavy atom. The maximum absolute atomic E-state index is 12.0. The van der Waals surface area contributed by atoms with Gasteiger partial charge in [-0.25, -0.2) is 0 Å². The molecule has 2 amide bonds. The molecule has 9 heteroatoms. The number of anilines is 1. The van der Waals surface area contributed by atoms with Crippen LogP contribution in [0.25, 0.3) is 0 Å². The largest absolute Gasteiger partial charge is 0.353 e. The third-order valence-corrected chi connectivity index (χ3v) is 5.38. The molecule has 0 unspecified atom stereocenters. The van der Waals surface area contributed by atoms with Crippen LogP contribution in [0.15, 0.2) is 15.8 Å². The maximum Gasteiger partial charge on any atom is 0.267 e. The van der Waals surface area contributed by atoms with Crippen molar-refractivity contribution >= 4 is 51.4 Å². The van der Waals surface area contributed by atoms with Gasteiger partial charge in [-0.05, 0) is 37.8 Å². The second kappa shape index (κ2) is 7.70. The summed E-state index contributed by atoms with van der Waals surface area (Å²) >= 11 is 3.95. The molecule has 2 aromatic rings. The minimum atomic E-state index is -0.191. The number of rotatable bonds is 6. The van der Waals surface area contributed by atoms with Crippen molar-refractivity contribution < 1.29 is 9.59 Å². The normalized spacial score (nSPS) is 10.7. The van der Waals surface area contributed by atoms with Crippen LogP contribution < -0.4 is 10.6 Å². The SMILES string of the molecule is Cc1csc(C(=O)Nc2nnc(SCC(=O)NC(C)C)s2)c1. The fourth-order valence-electron chi connectivity index (χ4n) is 1.52. The van der Waals surface area contributed by atoms with Crippen molar-refractivity contribution in [2.24, 2.45) is 0 Å². The van der Waals surface area contributed by atoms with E-state index in [9.17, 15) is 9.59 Å². The summed E-state index contributed by atoms with van der Waals surface area (Å²) in [5.74, 6) is 0.0448. The van der Waals surface area contributed by atoms with Crippen LogP contribution in [0.3, 0.4) is 0 Å². The molecule has 0 aliphatic carbocycles. The van der Waals surface area contributed by atoms with E-state index in [-0.39, 0.29) is 23.6 Å². The molecule has 0 bridgehead atoms. The summed E-state index contributed by atoms with van der Waals surface area (Å²) in [6.07, 6.45) is 0. The molecule has 2 heterocycles. The summed E-state index contributed by atoms with van der Waals surface area (Å²) in [5, 5.41) is 15.7. The molecule has 0 saturated heterocycles. The maximum atomic E-state index is 12.0. The molecule has 0 aliphatic rings. The lowest BCUT2D eigenvalue weighted by Crippen LogP contribution is -2.31. The number of thioether (sulfide) groups is 1. The fraction of sp³-hybridized carbons (Fsp3) is 0.385. The van der Waals surface area contributed by atoms with Gasteiger partial charge in [0, 0.05) is 6.04 Å². The average molecular weight is 356 g/mol. The van der Waals surface area contributed by atoms with Crippen LogP contribution in [0.4, 0.5) is 5.13 Å². The first-order valence-corrected chi connectivity index (χ1v) is 9.24. The Kier molecular flexibility index (Phi) is 5.92. The van der Waals surface area contributed by atoms with Gasteiger partial charge in [-0.3, -0.25) is 14.9 Å². The van der Waals surface area contributed by atoms with E-state index in [4.69, 9.17) is 0 Å². The molecule has 6 nitrogen and oxygen atoms in total. The molecule has 2 N–H and O–H groups in total. The fourth-order valence-corrected chi connectivity index (χ4v) is 3.87. The van der Waals surface area contributed by atoms with E-state index >= 15 is 0 Å². The summed E-state index contributed by atoms with van der Waals surface area (Å²) in [6.45, 7) is 5.76. The van der Waals surface area contributed by atoms with E-state index in [1.54, 1.807) is 0 Å². The number of hydrogen-bond donors (Lipinski definition) is 2. The second-order valence-electron chi connectivity index (χ2n) is 4.83. The Labute approximate surface area is 140 Å². The topological polar surface area (TPSA) is 84.0 Å². The Bertz CT molecular complexity index is 666. The number of carbonyl (C=O) groups excluding carboxylic acids is 2. The highest BCUT2D eigenvalue weighted by atomic mass is 32.2. The van der Waals surface area contributed by atoms with E-state index in [1.807, 2.05) is 32.2 Å². The monoisotopic (exact) mass is 356 g/mol. The zero-order chi connectivity index (χ0) is 16.1. The average Bonchev–Trinajstić information content (AvgIpc) is 3.05. The highest BCUT2D eigenvalue weighted by Gasteiger charge is 2.13. The van der Waals surface area contributed by atoms with Gasteiger partial charge in [0.05, 0.1) is 10.6 Å². The number of hydrogen-bond acceptors (Lipinski definition) is 7. The first-order valence-electron chi connectivity index (χ1n) is 6.56. The second-order valence-corrected chi connectivity index (χ2v) is 7.94. The molecule has 0 saturated carbocycles. The zero-order valence-electron chi connectivity index (χ0n) is 12.4. The van der Waals surface area contributed by atoms with Crippen molar-refractivity contribution in [2.45, 2.75) is 31.2 Å². The smallest absolute Gasteiger partial charge is 0.267 e. The van der Waals surface area contributed by atoms with E-state index < -0.39 is 0 Å². The number of thiophene rings is 1. The first kappa shape index (κ1) is 16.9. The molecule has 0 aromatic carbocycles. The number of aromatic nitrogens is 2. The molecule has 0 aliphatic heterocycles.